The van der Waals surface area contributed by atoms with Gasteiger partial charge in [0.25, 0.3) is 0 Å². The molecule has 0 aliphatic carbocycles. The Kier molecular flexibility index (Phi) is 11.3. The highest BCUT2D eigenvalue weighted by Crippen LogP contribution is 2.28. The van der Waals surface area contributed by atoms with Crippen molar-refractivity contribution in [2.45, 2.75) is 45.7 Å². The maximum atomic E-state index is 13.4. The standard InChI is InChI=1S/C25H33Cl2N3O5S/c1-5-23(25(32)28-6-2)29(17-20-21(26)12-8-13-22(20)27)24(31)14-9-15-30(36(4,33)34)18-10-7-11-19(16-18)35-3/h7-8,10-13,16,23H,5-6,9,14-15,17H2,1-4H3,(H,28,32)/t23-/m0/s1. The maximum absolute atomic E-state index is 13.4. The number of likely N-dealkylation sites (N-methyl/N-ethyl adjacent to an activating group) is 1. The van der Waals surface area contributed by atoms with Crippen molar-refractivity contribution in [3.05, 3.63) is 58.1 Å². The number of nitrogens with one attached hydrogen (secondary N) is 1. The molecule has 0 saturated carbocycles. The Morgan fingerprint density at radius 2 is 1.72 bits per heavy atom. The summed E-state index contributed by atoms with van der Waals surface area (Å²) in [5, 5.41) is 3.57. The zero-order chi connectivity index (χ0) is 26.9. The fourth-order valence-electron chi connectivity index (χ4n) is 3.83. The average molecular weight is 559 g/mol. The van der Waals surface area contributed by atoms with Gasteiger partial charge in [0.15, 0.2) is 0 Å². The van der Waals surface area contributed by atoms with Gasteiger partial charge in [-0.3, -0.25) is 13.9 Å². The lowest BCUT2D eigenvalue weighted by Crippen LogP contribution is -2.49. The van der Waals surface area contributed by atoms with Crippen LogP contribution in [-0.4, -0.2) is 57.6 Å². The van der Waals surface area contributed by atoms with E-state index in [1.54, 1.807) is 49.4 Å². The first kappa shape index (κ1) is 29.7. The number of amides is 2. The fourth-order valence-corrected chi connectivity index (χ4v) is 5.31. The van der Waals surface area contributed by atoms with Crippen LogP contribution in [0.1, 0.15) is 38.7 Å². The predicted octanol–water partition coefficient (Wildman–Crippen LogP) is 4.49. The van der Waals surface area contributed by atoms with Crippen molar-refractivity contribution in [2.75, 3.05) is 30.8 Å². The normalized spacial score (nSPS) is 12.1. The number of carbonyl (C=O) groups excluding carboxylic acids is 2. The summed E-state index contributed by atoms with van der Waals surface area (Å²) in [5.41, 5.74) is 0.990. The van der Waals surface area contributed by atoms with Crippen LogP contribution in [0.2, 0.25) is 10.0 Å². The number of methoxy groups -OCH3 is 1. The smallest absolute Gasteiger partial charge is 0.242 e. The molecule has 1 atom stereocenters. The van der Waals surface area contributed by atoms with Crippen LogP contribution in [0.4, 0.5) is 5.69 Å². The Balaban J connectivity index is 2.26. The molecule has 0 unspecified atom stereocenters. The minimum absolute atomic E-state index is 0.0218. The highest BCUT2D eigenvalue weighted by atomic mass is 35.5. The summed E-state index contributed by atoms with van der Waals surface area (Å²) in [5.74, 6) is -0.0541. The Morgan fingerprint density at radius 3 is 2.28 bits per heavy atom. The van der Waals surface area contributed by atoms with Gasteiger partial charge < -0.3 is 15.0 Å². The van der Waals surface area contributed by atoms with Crippen molar-refractivity contribution in [1.82, 2.24) is 10.2 Å². The van der Waals surface area contributed by atoms with Crippen LogP contribution in [-0.2, 0) is 26.2 Å². The molecule has 0 saturated heterocycles. The van der Waals surface area contributed by atoms with E-state index in [1.807, 2.05) is 6.92 Å². The monoisotopic (exact) mass is 557 g/mol. The molecule has 2 amide bonds. The van der Waals surface area contributed by atoms with Crippen LogP contribution in [0.3, 0.4) is 0 Å². The van der Waals surface area contributed by atoms with Gasteiger partial charge in [0.05, 0.1) is 19.1 Å². The van der Waals surface area contributed by atoms with Crippen LogP contribution in [0.5, 0.6) is 5.75 Å². The molecule has 0 fully saturated rings. The first-order valence-electron chi connectivity index (χ1n) is 11.6. The molecule has 2 rings (SSSR count). The molecular formula is C25H33Cl2N3O5S. The molecule has 11 heteroatoms. The van der Waals surface area contributed by atoms with Crippen LogP contribution in [0.15, 0.2) is 42.5 Å². The van der Waals surface area contributed by atoms with Crippen LogP contribution in [0, 0.1) is 0 Å². The quantitative estimate of drug-likeness (QED) is 0.391. The number of carbonyl (C=O) groups is 2. The lowest BCUT2D eigenvalue weighted by molar-refractivity contribution is -0.141. The molecule has 0 aliphatic heterocycles. The number of sulfonamides is 1. The van der Waals surface area contributed by atoms with Gasteiger partial charge in [-0.2, -0.15) is 0 Å². The molecule has 2 aromatic carbocycles. The highest BCUT2D eigenvalue weighted by Gasteiger charge is 2.29. The van der Waals surface area contributed by atoms with E-state index in [0.29, 0.717) is 40.0 Å². The first-order valence-corrected chi connectivity index (χ1v) is 14.3. The summed E-state index contributed by atoms with van der Waals surface area (Å²) in [6, 6.07) is 11.0. The minimum atomic E-state index is -3.61. The Morgan fingerprint density at radius 1 is 1.08 bits per heavy atom. The van der Waals surface area contributed by atoms with Gasteiger partial charge in [-0.1, -0.05) is 42.3 Å². The van der Waals surface area contributed by atoms with E-state index in [-0.39, 0.29) is 37.7 Å². The molecule has 0 heterocycles. The molecule has 8 nitrogen and oxygen atoms in total. The number of ether oxygens (including phenoxy) is 1. The van der Waals surface area contributed by atoms with Crippen LogP contribution < -0.4 is 14.4 Å². The molecule has 36 heavy (non-hydrogen) atoms. The van der Waals surface area contributed by atoms with Crippen molar-refractivity contribution < 1.29 is 22.7 Å². The molecule has 0 aliphatic rings. The van der Waals surface area contributed by atoms with E-state index in [9.17, 15) is 18.0 Å². The predicted molar refractivity (Wildman–Crippen MR) is 144 cm³/mol. The zero-order valence-corrected chi connectivity index (χ0v) is 23.3. The summed E-state index contributed by atoms with van der Waals surface area (Å²) in [6.07, 6.45) is 1.76. The second kappa shape index (κ2) is 13.7. The number of rotatable bonds is 13. The van der Waals surface area contributed by atoms with E-state index in [1.165, 1.54) is 16.3 Å². The van der Waals surface area contributed by atoms with Gasteiger partial charge in [0, 0.05) is 47.7 Å². The summed E-state index contributed by atoms with van der Waals surface area (Å²) in [6.45, 7) is 4.19. The van der Waals surface area contributed by atoms with Crippen molar-refractivity contribution in [3.63, 3.8) is 0 Å². The van der Waals surface area contributed by atoms with Gasteiger partial charge in [-0.05, 0) is 44.0 Å². The summed E-state index contributed by atoms with van der Waals surface area (Å²) >= 11 is 12.7. The highest BCUT2D eigenvalue weighted by molar-refractivity contribution is 7.92. The Bertz CT molecular complexity index is 1140. The van der Waals surface area contributed by atoms with Gasteiger partial charge in [-0.25, -0.2) is 8.42 Å². The Labute approximate surface area is 223 Å². The summed E-state index contributed by atoms with van der Waals surface area (Å²) in [4.78, 5) is 27.7. The van der Waals surface area contributed by atoms with E-state index >= 15 is 0 Å². The van der Waals surface area contributed by atoms with Gasteiger partial charge in [0.2, 0.25) is 21.8 Å². The van der Waals surface area contributed by atoms with Crippen molar-refractivity contribution in [1.29, 1.82) is 0 Å². The number of hydrogen-bond donors (Lipinski definition) is 1. The third-order valence-electron chi connectivity index (χ3n) is 5.62. The lowest BCUT2D eigenvalue weighted by Gasteiger charge is -2.31. The van der Waals surface area contributed by atoms with Gasteiger partial charge >= 0.3 is 0 Å². The Hall–Kier alpha value is -2.49. The molecular weight excluding hydrogens is 525 g/mol. The maximum Gasteiger partial charge on any atom is 0.242 e. The largest absolute Gasteiger partial charge is 0.497 e. The minimum Gasteiger partial charge on any atom is -0.497 e. The number of anilines is 1. The van der Waals surface area contributed by atoms with Crippen molar-refractivity contribution >= 4 is 50.7 Å². The second-order valence-corrected chi connectivity index (χ2v) is 10.9. The molecule has 0 bridgehead atoms. The third-order valence-corrected chi connectivity index (χ3v) is 7.52. The van der Waals surface area contributed by atoms with Crippen molar-refractivity contribution in [2.24, 2.45) is 0 Å². The number of benzene rings is 2. The van der Waals surface area contributed by atoms with E-state index in [4.69, 9.17) is 27.9 Å². The van der Waals surface area contributed by atoms with Crippen LogP contribution in [0.25, 0.3) is 0 Å². The molecule has 2 aromatic rings. The van der Waals surface area contributed by atoms with E-state index in [2.05, 4.69) is 5.32 Å². The molecule has 0 radical (unpaired) electrons. The first-order chi connectivity index (χ1) is 17.0. The summed E-state index contributed by atoms with van der Waals surface area (Å²) in [7, 11) is -2.11. The van der Waals surface area contributed by atoms with Gasteiger partial charge in [-0.15, -0.1) is 0 Å². The SMILES string of the molecule is CCNC(=O)[C@H](CC)N(Cc1c(Cl)cccc1Cl)C(=O)CCCN(c1cccc(OC)c1)S(C)(=O)=O. The van der Waals surface area contributed by atoms with Gasteiger partial charge in [0.1, 0.15) is 11.8 Å². The molecule has 0 aromatic heterocycles. The molecule has 198 valence electrons. The van der Waals surface area contributed by atoms with Crippen molar-refractivity contribution in [3.8, 4) is 5.75 Å². The number of hydrogen-bond acceptors (Lipinski definition) is 5. The third kappa shape index (κ3) is 8.01. The number of halogens is 2. The number of nitrogens with zero attached hydrogens (tertiary/aromatic N) is 2. The van der Waals surface area contributed by atoms with Crippen LogP contribution >= 0.6 is 23.2 Å². The van der Waals surface area contributed by atoms with E-state index < -0.39 is 16.1 Å². The summed E-state index contributed by atoms with van der Waals surface area (Å²) < 4.78 is 31.4. The topological polar surface area (TPSA) is 96.0 Å². The molecule has 1 N–H and O–H groups in total. The average Bonchev–Trinajstić information content (AvgIpc) is 2.82. The fraction of sp³-hybridized carbons (Fsp3) is 0.440. The molecule has 0 spiro atoms. The van der Waals surface area contributed by atoms with E-state index in [0.717, 1.165) is 6.26 Å². The second-order valence-electron chi connectivity index (χ2n) is 8.18. The lowest BCUT2D eigenvalue weighted by atomic mass is 10.1. The zero-order valence-electron chi connectivity index (χ0n) is 21.0.